The Kier molecular flexibility index (Phi) is 3.22. The molecular formula is C8H7BrFNO. The molecule has 0 N–H and O–H groups in total. The molecule has 1 heterocycles. The monoisotopic (exact) mass is 231 g/mol. The summed E-state index contributed by atoms with van der Waals surface area (Å²) in [6.07, 6.45) is 1.69. The van der Waals surface area contributed by atoms with Crippen molar-refractivity contribution in [3.63, 3.8) is 0 Å². The minimum Gasteiger partial charge on any atom is -0.481 e. The van der Waals surface area contributed by atoms with E-state index in [4.69, 9.17) is 4.74 Å². The SMILES string of the molecule is COc1ccc(Br)c(C=CF)n1. The van der Waals surface area contributed by atoms with Crippen LogP contribution in [-0.4, -0.2) is 12.1 Å². The van der Waals surface area contributed by atoms with Crippen LogP contribution in [-0.2, 0) is 0 Å². The lowest BCUT2D eigenvalue weighted by Gasteiger charge is -2.00. The molecule has 0 aliphatic carbocycles. The van der Waals surface area contributed by atoms with Gasteiger partial charge in [-0.1, -0.05) is 0 Å². The molecule has 1 aromatic heterocycles. The molecule has 0 saturated carbocycles. The van der Waals surface area contributed by atoms with Crippen LogP contribution in [0.3, 0.4) is 0 Å². The van der Waals surface area contributed by atoms with Gasteiger partial charge in [0.1, 0.15) is 0 Å². The van der Waals surface area contributed by atoms with Crippen LogP contribution >= 0.6 is 15.9 Å². The zero-order valence-corrected chi connectivity index (χ0v) is 8.01. The Morgan fingerprint density at radius 1 is 1.58 bits per heavy atom. The smallest absolute Gasteiger partial charge is 0.213 e. The van der Waals surface area contributed by atoms with Crippen LogP contribution in [0.5, 0.6) is 5.88 Å². The Balaban J connectivity index is 3.08. The third kappa shape index (κ3) is 2.04. The summed E-state index contributed by atoms with van der Waals surface area (Å²) in [4.78, 5) is 3.98. The average Bonchev–Trinajstić information content (AvgIpc) is 2.09. The van der Waals surface area contributed by atoms with Gasteiger partial charge in [0.15, 0.2) is 0 Å². The topological polar surface area (TPSA) is 22.1 Å². The van der Waals surface area contributed by atoms with Crippen molar-refractivity contribution in [2.24, 2.45) is 0 Å². The Hall–Kier alpha value is -0.900. The number of methoxy groups -OCH3 is 1. The van der Waals surface area contributed by atoms with Crippen molar-refractivity contribution in [2.75, 3.05) is 7.11 Å². The number of hydrogen-bond acceptors (Lipinski definition) is 2. The predicted octanol–water partition coefficient (Wildman–Crippen LogP) is 2.79. The first-order valence-electron chi connectivity index (χ1n) is 3.25. The summed E-state index contributed by atoms with van der Waals surface area (Å²) in [7, 11) is 1.51. The Bertz CT molecular complexity index is 301. The van der Waals surface area contributed by atoms with Gasteiger partial charge in [-0.2, -0.15) is 0 Å². The third-order valence-electron chi connectivity index (χ3n) is 1.28. The summed E-state index contributed by atoms with van der Waals surface area (Å²) in [5, 5.41) is 0. The number of nitrogens with zero attached hydrogens (tertiary/aromatic N) is 1. The van der Waals surface area contributed by atoms with Gasteiger partial charge in [0, 0.05) is 10.5 Å². The standard InChI is InChI=1S/C8H7BrFNO/c1-12-8-3-2-6(9)7(11-8)4-5-10/h2-5H,1H3. The summed E-state index contributed by atoms with van der Waals surface area (Å²) in [5.41, 5.74) is 0.511. The summed E-state index contributed by atoms with van der Waals surface area (Å²) in [6.45, 7) is 0. The summed E-state index contributed by atoms with van der Waals surface area (Å²) < 4.78 is 17.4. The quantitative estimate of drug-likeness (QED) is 0.782. The second-order valence-electron chi connectivity index (χ2n) is 2.01. The van der Waals surface area contributed by atoms with E-state index in [-0.39, 0.29) is 0 Å². The molecular weight excluding hydrogens is 225 g/mol. The molecule has 0 spiro atoms. The highest BCUT2D eigenvalue weighted by atomic mass is 79.9. The van der Waals surface area contributed by atoms with Gasteiger partial charge >= 0.3 is 0 Å². The van der Waals surface area contributed by atoms with Crippen LogP contribution in [0.15, 0.2) is 22.9 Å². The Morgan fingerprint density at radius 2 is 2.33 bits per heavy atom. The number of ether oxygens (including phenoxy) is 1. The van der Waals surface area contributed by atoms with Gasteiger partial charge in [-0.25, -0.2) is 9.37 Å². The lowest BCUT2D eigenvalue weighted by Crippen LogP contribution is -1.89. The largest absolute Gasteiger partial charge is 0.481 e. The van der Waals surface area contributed by atoms with Crippen LogP contribution < -0.4 is 4.74 Å². The van der Waals surface area contributed by atoms with Crippen molar-refractivity contribution < 1.29 is 9.13 Å². The molecule has 1 aromatic rings. The van der Waals surface area contributed by atoms with E-state index in [9.17, 15) is 4.39 Å². The van der Waals surface area contributed by atoms with Gasteiger partial charge in [-0.3, -0.25) is 0 Å². The molecule has 0 fully saturated rings. The number of hydrogen-bond donors (Lipinski definition) is 0. The Labute approximate surface area is 78.2 Å². The lowest BCUT2D eigenvalue weighted by atomic mass is 10.3. The predicted molar refractivity (Wildman–Crippen MR) is 48.6 cm³/mol. The van der Waals surface area contributed by atoms with Crippen LogP contribution in [0.25, 0.3) is 6.08 Å². The molecule has 1 rings (SSSR count). The molecule has 0 aromatic carbocycles. The molecule has 0 atom stereocenters. The van der Waals surface area contributed by atoms with Crippen LogP contribution in [0.4, 0.5) is 4.39 Å². The minimum absolute atomic E-state index is 0.437. The van der Waals surface area contributed by atoms with E-state index in [1.807, 2.05) is 0 Å². The first kappa shape index (κ1) is 9.19. The van der Waals surface area contributed by atoms with Crippen LogP contribution in [0.2, 0.25) is 0 Å². The maximum atomic E-state index is 11.8. The number of halogens is 2. The molecule has 12 heavy (non-hydrogen) atoms. The van der Waals surface area contributed by atoms with Crippen molar-refractivity contribution in [1.82, 2.24) is 4.98 Å². The molecule has 0 aliphatic heterocycles. The zero-order chi connectivity index (χ0) is 8.97. The number of pyridine rings is 1. The van der Waals surface area contributed by atoms with E-state index in [2.05, 4.69) is 20.9 Å². The van der Waals surface area contributed by atoms with Gasteiger partial charge in [0.2, 0.25) is 5.88 Å². The summed E-state index contributed by atoms with van der Waals surface area (Å²) in [5.74, 6) is 0.464. The Morgan fingerprint density at radius 3 is 2.92 bits per heavy atom. The average molecular weight is 232 g/mol. The van der Waals surface area contributed by atoms with Gasteiger partial charge in [0.25, 0.3) is 0 Å². The van der Waals surface area contributed by atoms with E-state index < -0.39 is 0 Å². The molecule has 0 unspecified atom stereocenters. The number of aromatic nitrogens is 1. The third-order valence-corrected chi connectivity index (χ3v) is 1.95. The van der Waals surface area contributed by atoms with Crippen molar-refractivity contribution >= 4 is 22.0 Å². The summed E-state index contributed by atoms with van der Waals surface area (Å²) in [6, 6.07) is 3.45. The lowest BCUT2D eigenvalue weighted by molar-refractivity contribution is 0.397. The second-order valence-corrected chi connectivity index (χ2v) is 2.87. The van der Waals surface area contributed by atoms with E-state index >= 15 is 0 Å². The van der Waals surface area contributed by atoms with Gasteiger partial charge in [-0.05, 0) is 28.1 Å². The normalized spacial score (nSPS) is 10.6. The zero-order valence-electron chi connectivity index (χ0n) is 6.42. The molecule has 0 saturated heterocycles. The fourth-order valence-electron chi connectivity index (χ4n) is 0.729. The molecule has 0 aliphatic rings. The van der Waals surface area contributed by atoms with Crippen molar-refractivity contribution in [3.8, 4) is 5.88 Å². The van der Waals surface area contributed by atoms with Crippen molar-refractivity contribution in [1.29, 1.82) is 0 Å². The minimum atomic E-state index is 0.437. The maximum absolute atomic E-state index is 11.8. The van der Waals surface area contributed by atoms with Crippen LogP contribution in [0.1, 0.15) is 5.69 Å². The fourth-order valence-corrected chi connectivity index (χ4v) is 1.08. The van der Waals surface area contributed by atoms with Gasteiger partial charge in [0.05, 0.1) is 19.1 Å². The number of rotatable bonds is 2. The van der Waals surface area contributed by atoms with E-state index in [0.717, 1.165) is 4.47 Å². The first-order valence-corrected chi connectivity index (χ1v) is 4.04. The van der Waals surface area contributed by atoms with E-state index in [1.165, 1.54) is 13.2 Å². The highest BCUT2D eigenvalue weighted by Gasteiger charge is 1.99. The van der Waals surface area contributed by atoms with E-state index in [0.29, 0.717) is 17.9 Å². The van der Waals surface area contributed by atoms with Crippen LogP contribution in [0, 0.1) is 0 Å². The van der Waals surface area contributed by atoms with Gasteiger partial charge in [-0.15, -0.1) is 0 Å². The molecule has 0 radical (unpaired) electrons. The molecule has 64 valence electrons. The van der Waals surface area contributed by atoms with Crippen molar-refractivity contribution in [2.45, 2.75) is 0 Å². The molecule has 2 nitrogen and oxygen atoms in total. The highest BCUT2D eigenvalue weighted by Crippen LogP contribution is 2.19. The summed E-state index contributed by atoms with van der Waals surface area (Å²) >= 11 is 3.22. The van der Waals surface area contributed by atoms with E-state index in [1.54, 1.807) is 12.1 Å². The maximum Gasteiger partial charge on any atom is 0.213 e. The molecule has 4 heteroatoms. The first-order chi connectivity index (χ1) is 5.77. The highest BCUT2D eigenvalue weighted by molar-refractivity contribution is 9.10. The fraction of sp³-hybridized carbons (Fsp3) is 0.125. The molecule has 0 amide bonds. The van der Waals surface area contributed by atoms with Gasteiger partial charge < -0.3 is 4.74 Å². The molecule has 0 bridgehead atoms. The second kappa shape index (κ2) is 4.21. The van der Waals surface area contributed by atoms with Crippen molar-refractivity contribution in [3.05, 3.63) is 28.6 Å².